The van der Waals surface area contributed by atoms with E-state index in [0.29, 0.717) is 27.6 Å². The van der Waals surface area contributed by atoms with Gasteiger partial charge in [-0.2, -0.15) is 0 Å². The largest absolute Gasteiger partial charge is 0.437 e. The summed E-state index contributed by atoms with van der Waals surface area (Å²) in [4.78, 5) is 4.23. The Hall–Kier alpha value is -2.04. The second-order valence-electron chi connectivity index (χ2n) is 6.62. The van der Waals surface area contributed by atoms with Crippen LogP contribution in [0, 0.1) is 5.92 Å². The lowest BCUT2D eigenvalue weighted by molar-refractivity contribution is 0.453. The van der Waals surface area contributed by atoms with Gasteiger partial charge in [-0.15, -0.1) is 5.10 Å². The van der Waals surface area contributed by atoms with Gasteiger partial charge in [0.1, 0.15) is 11.3 Å². The van der Waals surface area contributed by atoms with Gasteiger partial charge >= 0.3 is 0 Å². The number of nitrogens with one attached hydrogen (secondary N) is 1. The van der Waals surface area contributed by atoms with Gasteiger partial charge in [-0.05, 0) is 52.9 Å². The van der Waals surface area contributed by atoms with E-state index in [-0.39, 0.29) is 6.54 Å². The van der Waals surface area contributed by atoms with Crippen molar-refractivity contribution in [3.05, 3.63) is 40.5 Å². The first-order valence-electron chi connectivity index (χ1n) is 8.49. The molecule has 4 rings (SSSR count). The summed E-state index contributed by atoms with van der Waals surface area (Å²) in [6.45, 7) is 0.976. The lowest BCUT2D eigenvalue weighted by Gasteiger charge is -2.11. The first-order valence-corrected chi connectivity index (χ1v) is 11.2. The molecule has 1 fully saturated rings. The maximum absolute atomic E-state index is 11.4. The standard InChI is InChI=1S/C17H18BrN5O3S/c1-27(24,25)20-9-12-3-2-8-19-17(12)26-14-7-6-13-16(15(14)18)21-22-23(13)10-11-4-5-11/h2-3,6-8,11,20H,4-5,9-10H2,1H3. The van der Waals surface area contributed by atoms with E-state index in [1.165, 1.54) is 12.8 Å². The molecule has 1 N–H and O–H groups in total. The molecule has 0 atom stereocenters. The minimum absolute atomic E-state index is 0.0967. The van der Waals surface area contributed by atoms with Crippen molar-refractivity contribution >= 4 is 37.0 Å². The zero-order chi connectivity index (χ0) is 19.0. The van der Waals surface area contributed by atoms with Crippen LogP contribution in [0.4, 0.5) is 0 Å². The first kappa shape index (κ1) is 18.3. The second kappa shape index (κ2) is 7.17. The van der Waals surface area contributed by atoms with Crippen LogP contribution in [0.25, 0.3) is 11.0 Å². The number of aromatic nitrogens is 4. The molecular formula is C17H18BrN5O3S. The Morgan fingerprint density at radius 1 is 1.33 bits per heavy atom. The third-order valence-corrected chi connectivity index (χ3v) is 5.73. The van der Waals surface area contributed by atoms with Gasteiger partial charge in [0.15, 0.2) is 0 Å². The van der Waals surface area contributed by atoms with Crippen LogP contribution in [0.3, 0.4) is 0 Å². The predicted molar refractivity (Wildman–Crippen MR) is 104 cm³/mol. The fourth-order valence-electron chi connectivity index (χ4n) is 2.71. The number of fused-ring (bicyclic) bond motifs is 1. The molecule has 1 aromatic carbocycles. The van der Waals surface area contributed by atoms with Crippen molar-refractivity contribution in [3.8, 4) is 11.6 Å². The number of pyridine rings is 1. The maximum atomic E-state index is 11.4. The Labute approximate surface area is 165 Å². The summed E-state index contributed by atoms with van der Waals surface area (Å²) in [6, 6.07) is 7.25. The molecule has 0 bridgehead atoms. The summed E-state index contributed by atoms with van der Waals surface area (Å²) < 4.78 is 33.7. The number of ether oxygens (including phenoxy) is 1. The molecule has 27 heavy (non-hydrogen) atoms. The molecule has 0 aliphatic heterocycles. The van der Waals surface area contributed by atoms with Gasteiger partial charge in [0, 0.05) is 24.8 Å². The molecule has 8 nitrogen and oxygen atoms in total. The third-order valence-electron chi connectivity index (χ3n) is 4.30. The zero-order valence-corrected chi connectivity index (χ0v) is 17.0. The molecule has 2 aromatic heterocycles. The van der Waals surface area contributed by atoms with Gasteiger partial charge in [-0.1, -0.05) is 11.3 Å². The van der Waals surface area contributed by atoms with Gasteiger partial charge in [0.25, 0.3) is 0 Å². The van der Waals surface area contributed by atoms with E-state index in [2.05, 4.69) is 35.9 Å². The van der Waals surface area contributed by atoms with E-state index in [4.69, 9.17) is 4.74 Å². The Morgan fingerprint density at radius 2 is 2.15 bits per heavy atom. The van der Waals surface area contributed by atoms with Gasteiger partial charge in [-0.3, -0.25) is 0 Å². The lowest BCUT2D eigenvalue weighted by atomic mass is 10.2. The molecule has 0 unspecified atom stereocenters. The van der Waals surface area contributed by atoms with Crippen LogP contribution < -0.4 is 9.46 Å². The van der Waals surface area contributed by atoms with Crippen LogP contribution in [-0.2, 0) is 23.1 Å². The average Bonchev–Trinajstić information content (AvgIpc) is 3.34. The van der Waals surface area contributed by atoms with Gasteiger partial charge < -0.3 is 4.74 Å². The van der Waals surface area contributed by atoms with Gasteiger partial charge in [0.2, 0.25) is 15.9 Å². The van der Waals surface area contributed by atoms with E-state index in [9.17, 15) is 8.42 Å². The first-order chi connectivity index (χ1) is 12.9. The van der Waals surface area contributed by atoms with Crippen LogP contribution in [0.1, 0.15) is 18.4 Å². The molecule has 0 saturated heterocycles. The summed E-state index contributed by atoms with van der Waals surface area (Å²) in [5.74, 6) is 1.57. The third kappa shape index (κ3) is 4.28. The smallest absolute Gasteiger partial charge is 0.223 e. The van der Waals surface area contributed by atoms with Crippen molar-refractivity contribution in [2.45, 2.75) is 25.9 Å². The number of nitrogens with zero attached hydrogens (tertiary/aromatic N) is 4. The van der Waals surface area contributed by atoms with Gasteiger partial charge in [0.05, 0.1) is 16.2 Å². The van der Waals surface area contributed by atoms with E-state index in [0.717, 1.165) is 23.8 Å². The monoisotopic (exact) mass is 451 g/mol. The molecule has 1 aliphatic carbocycles. The highest BCUT2D eigenvalue weighted by Crippen LogP contribution is 2.36. The predicted octanol–water partition coefficient (Wildman–Crippen LogP) is 2.84. The van der Waals surface area contributed by atoms with E-state index in [1.807, 2.05) is 16.8 Å². The van der Waals surface area contributed by atoms with Crippen molar-refractivity contribution in [2.75, 3.05) is 6.26 Å². The average molecular weight is 452 g/mol. The van der Waals surface area contributed by atoms with Crippen LogP contribution in [-0.4, -0.2) is 34.7 Å². The summed E-state index contributed by atoms with van der Waals surface area (Å²) in [5, 5.41) is 8.51. The number of benzene rings is 1. The number of halogens is 1. The highest BCUT2D eigenvalue weighted by Gasteiger charge is 2.24. The number of hydrogen-bond donors (Lipinski definition) is 1. The quantitative estimate of drug-likeness (QED) is 0.592. The van der Waals surface area contributed by atoms with Crippen molar-refractivity contribution in [1.29, 1.82) is 0 Å². The Morgan fingerprint density at radius 3 is 2.89 bits per heavy atom. The number of rotatable bonds is 7. The molecule has 3 aromatic rings. The molecule has 0 spiro atoms. The van der Waals surface area contributed by atoms with E-state index < -0.39 is 10.0 Å². The van der Waals surface area contributed by atoms with Crippen molar-refractivity contribution in [3.63, 3.8) is 0 Å². The van der Waals surface area contributed by atoms with Crippen LogP contribution in [0.2, 0.25) is 0 Å². The van der Waals surface area contributed by atoms with Crippen LogP contribution in [0.15, 0.2) is 34.9 Å². The molecule has 2 heterocycles. The fourth-order valence-corrected chi connectivity index (χ4v) is 3.62. The summed E-state index contributed by atoms with van der Waals surface area (Å²) >= 11 is 3.55. The van der Waals surface area contributed by atoms with E-state index >= 15 is 0 Å². The van der Waals surface area contributed by atoms with E-state index in [1.54, 1.807) is 18.3 Å². The second-order valence-corrected chi connectivity index (χ2v) is 9.25. The topological polar surface area (TPSA) is 99.0 Å². The Balaban J connectivity index is 1.61. The van der Waals surface area contributed by atoms with Gasteiger partial charge in [-0.25, -0.2) is 22.8 Å². The number of hydrogen-bond acceptors (Lipinski definition) is 6. The molecule has 142 valence electrons. The minimum atomic E-state index is -3.31. The van der Waals surface area contributed by atoms with Crippen molar-refractivity contribution in [1.82, 2.24) is 24.7 Å². The zero-order valence-electron chi connectivity index (χ0n) is 14.6. The molecule has 0 radical (unpaired) electrons. The maximum Gasteiger partial charge on any atom is 0.223 e. The Bertz CT molecular complexity index is 1100. The summed E-state index contributed by atoms with van der Waals surface area (Å²) in [6.07, 6.45) is 5.19. The van der Waals surface area contributed by atoms with Crippen LogP contribution in [0.5, 0.6) is 11.6 Å². The lowest BCUT2D eigenvalue weighted by Crippen LogP contribution is -2.21. The highest BCUT2D eigenvalue weighted by atomic mass is 79.9. The molecular weight excluding hydrogens is 434 g/mol. The highest BCUT2D eigenvalue weighted by molar-refractivity contribution is 9.10. The normalized spacial score (nSPS) is 14.6. The minimum Gasteiger partial charge on any atom is -0.437 e. The molecule has 1 saturated carbocycles. The molecule has 0 amide bonds. The Kier molecular flexibility index (Phi) is 4.87. The number of sulfonamides is 1. The summed E-state index contributed by atoms with van der Waals surface area (Å²) in [7, 11) is -3.31. The fraction of sp³-hybridized carbons (Fsp3) is 0.353. The molecule has 1 aliphatic rings. The van der Waals surface area contributed by atoms with Crippen molar-refractivity contribution < 1.29 is 13.2 Å². The van der Waals surface area contributed by atoms with Crippen LogP contribution >= 0.6 is 15.9 Å². The summed E-state index contributed by atoms with van der Waals surface area (Å²) in [5.41, 5.74) is 2.30. The SMILES string of the molecule is CS(=O)(=O)NCc1cccnc1Oc1ccc2c(nnn2CC2CC2)c1Br. The van der Waals surface area contributed by atoms with Crippen molar-refractivity contribution in [2.24, 2.45) is 5.92 Å². The molecule has 10 heteroatoms.